The molecule has 1 amide bonds. The van der Waals surface area contributed by atoms with Gasteiger partial charge in [-0.05, 0) is 79.4 Å². The van der Waals surface area contributed by atoms with E-state index in [0.717, 1.165) is 68.3 Å². The second kappa shape index (κ2) is 14.0. The van der Waals surface area contributed by atoms with E-state index in [-0.39, 0.29) is 11.7 Å². The number of hydrogen-bond acceptors (Lipinski definition) is 9. The third kappa shape index (κ3) is 8.02. The molecule has 10 nitrogen and oxygen atoms in total. The number of fused-ring (bicyclic) bond motifs is 2. The lowest BCUT2D eigenvalue weighted by molar-refractivity contribution is -0.130. The van der Waals surface area contributed by atoms with Crippen molar-refractivity contribution in [3.8, 4) is 23.0 Å². The van der Waals surface area contributed by atoms with E-state index in [1.165, 1.54) is 23.6 Å². The quantitative estimate of drug-likeness (QED) is 0.372. The highest BCUT2D eigenvalue weighted by Gasteiger charge is 2.29. The number of hydrogen-bond donors (Lipinski definition) is 0. The van der Waals surface area contributed by atoms with Crippen molar-refractivity contribution in [2.24, 2.45) is 0 Å². The molecule has 0 aromatic heterocycles. The van der Waals surface area contributed by atoms with Gasteiger partial charge in [-0.2, -0.15) is 0 Å². The summed E-state index contributed by atoms with van der Waals surface area (Å²) in [6.07, 6.45) is 3.27. The lowest BCUT2D eigenvalue weighted by atomic mass is 9.77. The molecule has 0 bridgehead atoms. The average Bonchev–Trinajstić information content (AvgIpc) is 3.08. The molecule has 0 radical (unpaired) electrons. The third-order valence-corrected chi connectivity index (χ3v) is 8.16. The van der Waals surface area contributed by atoms with Crippen LogP contribution in [-0.4, -0.2) is 96.1 Å². The number of carbonyl (C=O) groups excluding carboxylic acids is 1. The molecule has 0 spiro atoms. The molecule has 2 aliphatic rings. The zero-order valence-corrected chi connectivity index (χ0v) is 25.1. The highest BCUT2D eigenvalue weighted by molar-refractivity contribution is 7.85. The van der Waals surface area contributed by atoms with E-state index in [4.69, 9.17) is 18.9 Å². The van der Waals surface area contributed by atoms with Crippen LogP contribution in [0.15, 0.2) is 24.3 Å². The first kappa shape index (κ1) is 31.5. The van der Waals surface area contributed by atoms with E-state index >= 15 is 0 Å². The summed E-state index contributed by atoms with van der Waals surface area (Å²) in [6, 6.07) is 8.18. The van der Waals surface area contributed by atoms with Crippen LogP contribution in [0.1, 0.15) is 41.5 Å². The van der Waals surface area contributed by atoms with Crippen LogP contribution in [0, 0.1) is 0 Å². The van der Waals surface area contributed by atoms with Gasteiger partial charge >= 0.3 is 0 Å². The molecule has 1 heterocycles. The molecule has 0 unspecified atom stereocenters. The molecule has 0 saturated heterocycles. The number of ether oxygens (including phenoxy) is 4. The van der Waals surface area contributed by atoms with Gasteiger partial charge < -0.3 is 33.3 Å². The van der Waals surface area contributed by atoms with Crippen LogP contribution < -0.4 is 18.9 Å². The van der Waals surface area contributed by atoms with Crippen molar-refractivity contribution in [1.29, 1.82) is 0 Å². The molecule has 11 heteroatoms. The maximum Gasteiger partial charge on any atom is 0.227 e. The normalized spacial score (nSPS) is 16.1. The number of nitrogens with zero attached hydrogens (tertiary/aromatic N) is 2. The molecule has 1 aliphatic heterocycles. The van der Waals surface area contributed by atoms with E-state index < -0.39 is 10.1 Å². The summed E-state index contributed by atoms with van der Waals surface area (Å²) >= 11 is 0. The first-order chi connectivity index (χ1) is 19.0. The van der Waals surface area contributed by atoms with E-state index in [1.54, 1.807) is 28.4 Å². The summed E-state index contributed by atoms with van der Waals surface area (Å²) in [5.74, 6) is 3.38. The molecule has 2 aromatic rings. The smallest absolute Gasteiger partial charge is 0.227 e. The third-order valence-electron chi connectivity index (χ3n) is 7.46. The van der Waals surface area contributed by atoms with Gasteiger partial charge in [-0.15, -0.1) is 0 Å². The Hall–Kier alpha value is -3.02. The Kier molecular flexibility index (Phi) is 11.1. The maximum atomic E-state index is 12.9. The predicted octanol–water partition coefficient (Wildman–Crippen LogP) is 2.86. The Bertz CT molecular complexity index is 1280. The van der Waals surface area contributed by atoms with Crippen molar-refractivity contribution in [3.63, 3.8) is 0 Å². The van der Waals surface area contributed by atoms with Gasteiger partial charge in [0.1, 0.15) is 0 Å². The van der Waals surface area contributed by atoms with Crippen molar-refractivity contribution >= 4 is 16.0 Å². The minimum Gasteiger partial charge on any atom is -0.748 e. The number of carbonyl (C=O) groups is 1. The van der Waals surface area contributed by atoms with Crippen LogP contribution in [0.5, 0.6) is 23.0 Å². The van der Waals surface area contributed by atoms with Crippen molar-refractivity contribution in [1.82, 2.24) is 9.80 Å². The SMILES string of the molecule is CCS(=O)(=O)[O-].COc1cc2c(cc1OC)CC(=O)N(CCCN(C)C[C@H]1Cc3cc(OC)c(OC)cc31)CC2. The molecule has 1 aliphatic carbocycles. The van der Waals surface area contributed by atoms with Gasteiger partial charge in [-0.1, -0.05) is 6.92 Å². The maximum absolute atomic E-state index is 12.9. The molecule has 222 valence electrons. The number of benzene rings is 2. The second-order valence-corrected chi connectivity index (χ2v) is 11.7. The van der Waals surface area contributed by atoms with Gasteiger partial charge in [-0.3, -0.25) is 4.79 Å². The van der Waals surface area contributed by atoms with E-state index in [2.05, 4.69) is 24.1 Å². The van der Waals surface area contributed by atoms with E-state index in [0.29, 0.717) is 18.1 Å². The lowest BCUT2D eigenvalue weighted by Gasteiger charge is -2.34. The van der Waals surface area contributed by atoms with Crippen molar-refractivity contribution in [2.45, 2.75) is 38.5 Å². The molecule has 4 rings (SSSR count). The fourth-order valence-corrected chi connectivity index (χ4v) is 5.15. The minimum absolute atomic E-state index is 0.183. The highest BCUT2D eigenvalue weighted by atomic mass is 32.2. The molecular formula is C29H41N2O8S-. The van der Waals surface area contributed by atoms with Crippen LogP contribution in [-0.2, 0) is 34.2 Å². The topological polar surface area (TPSA) is 118 Å². The Morgan fingerprint density at radius 2 is 1.45 bits per heavy atom. The molecule has 0 saturated carbocycles. The van der Waals surface area contributed by atoms with Crippen LogP contribution in [0.3, 0.4) is 0 Å². The second-order valence-electron chi connectivity index (χ2n) is 10.1. The summed E-state index contributed by atoms with van der Waals surface area (Å²) in [7, 11) is 4.88. The van der Waals surface area contributed by atoms with Crippen molar-refractivity contribution in [3.05, 3.63) is 46.5 Å². The highest BCUT2D eigenvalue weighted by Crippen LogP contribution is 2.42. The van der Waals surface area contributed by atoms with Gasteiger partial charge in [0.05, 0.1) is 45.0 Å². The number of likely N-dealkylation sites (N-methyl/N-ethyl adjacent to an activating group) is 1. The summed E-state index contributed by atoms with van der Waals surface area (Å²) in [5.41, 5.74) is 4.91. The van der Waals surface area contributed by atoms with Crippen LogP contribution in [0.25, 0.3) is 0 Å². The standard InChI is InChI=1S/C27H36N2O5.C2H6O3S/c1-28(17-21-11-20-14-25(33-4)26(34-5)16-22(20)21)8-6-9-29-10-7-18-12-23(31-2)24(32-3)13-19(18)15-27(29)30;1-2-6(3,4)5/h12-14,16,21H,6-11,15,17H2,1-5H3;2H2,1H3,(H,3,4,5)/p-1/t21-;/m1./s1. The first-order valence-electron chi connectivity index (χ1n) is 13.4. The monoisotopic (exact) mass is 577 g/mol. The molecular weight excluding hydrogens is 536 g/mol. The molecule has 0 fully saturated rings. The Labute approximate surface area is 237 Å². The molecule has 2 aromatic carbocycles. The Morgan fingerprint density at radius 1 is 0.925 bits per heavy atom. The summed E-state index contributed by atoms with van der Waals surface area (Å²) in [4.78, 5) is 17.3. The first-order valence-corrected chi connectivity index (χ1v) is 15.0. The zero-order valence-electron chi connectivity index (χ0n) is 24.3. The number of rotatable bonds is 11. The van der Waals surface area contributed by atoms with Crippen LogP contribution in [0.4, 0.5) is 0 Å². The van der Waals surface area contributed by atoms with Gasteiger partial charge in [0.25, 0.3) is 0 Å². The molecule has 40 heavy (non-hydrogen) atoms. The van der Waals surface area contributed by atoms with Gasteiger partial charge in [-0.25, -0.2) is 8.42 Å². The number of amides is 1. The molecule has 0 N–H and O–H groups in total. The average molecular weight is 578 g/mol. The molecule has 1 atom stereocenters. The summed E-state index contributed by atoms with van der Waals surface area (Å²) < 4.78 is 50.1. The van der Waals surface area contributed by atoms with Crippen LogP contribution in [0.2, 0.25) is 0 Å². The minimum atomic E-state index is -3.91. The largest absolute Gasteiger partial charge is 0.748 e. The lowest BCUT2D eigenvalue weighted by Crippen LogP contribution is -2.36. The van der Waals surface area contributed by atoms with E-state index in [1.807, 2.05) is 17.0 Å². The summed E-state index contributed by atoms with van der Waals surface area (Å²) in [5, 5.41) is 0. The van der Waals surface area contributed by atoms with Gasteiger partial charge in [0, 0.05) is 31.3 Å². The fraction of sp³-hybridized carbons (Fsp3) is 0.552. The van der Waals surface area contributed by atoms with Crippen LogP contribution >= 0.6 is 0 Å². The Morgan fingerprint density at radius 3 is 2.00 bits per heavy atom. The Balaban J connectivity index is 0.000000663. The van der Waals surface area contributed by atoms with Gasteiger partial charge in [0.15, 0.2) is 23.0 Å². The van der Waals surface area contributed by atoms with Gasteiger partial charge in [0.2, 0.25) is 5.91 Å². The fourth-order valence-electron chi connectivity index (χ4n) is 5.15. The summed E-state index contributed by atoms with van der Waals surface area (Å²) in [6.45, 7) is 4.78. The van der Waals surface area contributed by atoms with Crippen molar-refractivity contribution in [2.75, 3.05) is 67.4 Å². The number of methoxy groups -OCH3 is 4. The van der Waals surface area contributed by atoms with Crippen molar-refractivity contribution < 1.29 is 36.7 Å². The zero-order chi connectivity index (χ0) is 29.4. The van der Waals surface area contributed by atoms with E-state index in [9.17, 15) is 17.8 Å². The predicted molar refractivity (Wildman–Crippen MR) is 152 cm³/mol.